The zero-order chi connectivity index (χ0) is 26.1. The molecule has 2 amide bonds. The van der Waals surface area contributed by atoms with Crippen molar-refractivity contribution in [1.29, 1.82) is 0 Å². The highest BCUT2D eigenvalue weighted by atomic mass is 32.1. The summed E-state index contributed by atoms with van der Waals surface area (Å²) in [7, 11) is 4.18. The maximum Gasteiger partial charge on any atom is 0.274 e. The van der Waals surface area contributed by atoms with E-state index in [4.69, 9.17) is 5.73 Å². The van der Waals surface area contributed by atoms with E-state index in [1.54, 1.807) is 25.1 Å². The monoisotopic (exact) mass is 522 g/mol. The molecule has 0 unspecified atom stereocenters. The van der Waals surface area contributed by atoms with Crippen LogP contribution < -0.4 is 16.4 Å². The van der Waals surface area contributed by atoms with E-state index in [1.807, 2.05) is 6.07 Å². The number of hydrogen-bond donors (Lipinski definition) is 3. The second-order valence-electron chi connectivity index (χ2n) is 8.99. The molecule has 3 aromatic heterocycles. The molecule has 0 spiro atoms. The van der Waals surface area contributed by atoms with Gasteiger partial charge in [0.1, 0.15) is 0 Å². The van der Waals surface area contributed by atoms with Crippen LogP contribution in [0.1, 0.15) is 49.1 Å². The molecule has 0 radical (unpaired) electrons. The molecular weight excluding hydrogens is 496 g/mol. The van der Waals surface area contributed by atoms with Crippen LogP contribution in [0.5, 0.6) is 0 Å². The van der Waals surface area contributed by atoms with Gasteiger partial charge in [-0.3, -0.25) is 14.9 Å². The van der Waals surface area contributed by atoms with Crippen LogP contribution in [-0.2, 0) is 19.4 Å². The zero-order valence-electron chi connectivity index (χ0n) is 20.6. The number of carbonyl (C=O) groups excluding carboxylic acids is 2. The van der Waals surface area contributed by atoms with Crippen molar-refractivity contribution in [3.05, 3.63) is 57.4 Å². The van der Waals surface area contributed by atoms with Gasteiger partial charge >= 0.3 is 0 Å². The Morgan fingerprint density at radius 2 is 2.11 bits per heavy atom. The second-order valence-corrected chi connectivity index (χ2v) is 10.1. The number of aromatic nitrogens is 6. The molecule has 4 N–H and O–H groups in total. The Bertz CT molecular complexity index is 1460. The Balaban J connectivity index is 1.22. The molecule has 0 aliphatic heterocycles. The molecule has 192 valence electrons. The van der Waals surface area contributed by atoms with Gasteiger partial charge in [0.15, 0.2) is 10.8 Å². The molecule has 3 heterocycles. The van der Waals surface area contributed by atoms with Crippen LogP contribution in [0.15, 0.2) is 28.9 Å². The van der Waals surface area contributed by atoms with Crippen LogP contribution >= 0.6 is 11.3 Å². The van der Waals surface area contributed by atoms with Gasteiger partial charge in [-0.1, -0.05) is 17.3 Å². The van der Waals surface area contributed by atoms with Gasteiger partial charge in [0.25, 0.3) is 11.8 Å². The van der Waals surface area contributed by atoms with Gasteiger partial charge in [0, 0.05) is 23.0 Å². The highest BCUT2D eigenvalue weighted by Gasteiger charge is 2.25. The number of amides is 2. The maximum absolute atomic E-state index is 12.9. The molecule has 37 heavy (non-hydrogen) atoms. The highest BCUT2D eigenvalue weighted by Crippen LogP contribution is 2.31. The molecule has 4 aromatic rings. The standard InChI is InChI=1S/C23H26N10O3S/c1-12-18(28-31-33(12)20-19(24)29-36-30-20)22(35)25-11-13-5-4-6-14(9-13)21(34)27-23-26-16-8-7-15(32(2)3)10-17(16)37-23/h4-6,9,15H,7-8,10-11H2,1-3H3,(H2,24,29)(H,25,35)(H,26,27,34)/t15-/m0/s1. The van der Waals surface area contributed by atoms with E-state index in [9.17, 15) is 9.59 Å². The Kier molecular flexibility index (Phi) is 6.67. The van der Waals surface area contributed by atoms with Gasteiger partial charge in [-0.25, -0.2) is 9.61 Å². The van der Waals surface area contributed by atoms with Crippen molar-refractivity contribution in [2.45, 2.75) is 38.8 Å². The number of likely N-dealkylation sites (N-methyl/N-ethyl adjacent to an activating group) is 1. The number of anilines is 2. The first-order valence-corrected chi connectivity index (χ1v) is 12.5. The number of hydrogen-bond acceptors (Lipinski definition) is 11. The fraction of sp³-hybridized carbons (Fsp3) is 0.348. The first kappa shape index (κ1) is 24.5. The molecule has 0 fully saturated rings. The maximum atomic E-state index is 12.9. The van der Waals surface area contributed by atoms with Crippen molar-refractivity contribution in [2.24, 2.45) is 0 Å². The molecule has 13 nitrogen and oxygen atoms in total. The quantitative estimate of drug-likeness (QED) is 0.324. The summed E-state index contributed by atoms with van der Waals surface area (Å²) in [4.78, 5) is 33.7. The van der Waals surface area contributed by atoms with Gasteiger partial charge in [-0.15, -0.1) is 16.4 Å². The molecule has 0 bridgehead atoms. The first-order valence-electron chi connectivity index (χ1n) is 11.6. The number of nitrogens with two attached hydrogens (primary N) is 1. The molecule has 14 heteroatoms. The van der Waals surface area contributed by atoms with E-state index in [0.29, 0.717) is 22.4 Å². The predicted molar refractivity (Wildman–Crippen MR) is 136 cm³/mol. The third-order valence-electron chi connectivity index (χ3n) is 6.31. The van der Waals surface area contributed by atoms with E-state index < -0.39 is 5.91 Å². The van der Waals surface area contributed by atoms with Crippen LogP contribution in [0.3, 0.4) is 0 Å². The molecule has 1 aromatic carbocycles. The van der Waals surface area contributed by atoms with Crippen LogP contribution in [0.25, 0.3) is 5.82 Å². The summed E-state index contributed by atoms with van der Waals surface area (Å²) in [5.41, 5.74) is 8.54. The fourth-order valence-electron chi connectivity index (χ4n) is 4.19. The summed E-state index contributed by atoms with van der Waals surface area (Å²) in [5.74, 6) is -0.494. The second kappa shape index (κ2) is 10.1. The number of nitrogen functional groups attached to an aromatic ring is 1. The van der Waals surface area contributed by atoms with E-state index >= 15 is 0 Å². The van der Waals surface area contributed by atoms with Crippen LogP contribution in [-0.4, -0.2) is 67.1 Å². The van der Waals surface area contributed by atoms with Crippen LogP contribution in [0, 0.1) is 6.92 Å². The van der Waals surface area contributed by atoms with E-state index in [0.717, 1.165) is 30.5 Å². The highest BCUT2D eigenvalue weighted by molar-refractivity contribution is 7.15. The molecule has 1 aliphatic rings. The normalized spacial score (nSPS) is 15.0. The number of aryl methyl sites for hydroxylation is 1. The SMILES string of the molecule is Cc1c(C(=O)NCc2cccc(C(=O)Nc3nc4c(s3)C[C@@H](N(C)C)CC4)c2)nnn1-c1nonc1N. The van der Waals surface area contributed by atoms with Gasteiger partial charge in [-0.2, -0.15) is 4.68 Å². The van der Waals surface area contributed by atoms with E-state index in [1.165, 1.54) is 20.9 Å². The summed E-state index contributed by atoms with van der Waals surface area (Å²) < 4.78 is 5.86. The number of thiazole rings is 1. The predicted octanol–water partition coefficient (Wildman–Crippen LogP) is 1.60. The average Bonchev–Trinajstić information content (AvgIpc) is 3.59. The third-order valence-corrected chi connectivity index (χ3v) is 7.35. The number of nitrogens with one attached hydrogen (secondary N) is 2. The Morgan fingerprint density at radius 3 is 2.86 bits per heavy atom. The molecule has 0 saturated heterocycles. The average molecular weight is 523 g/mol. The largest absolute Gasteiger partial charge is 0.378 e. The summed E-state index contributed by atoms with van der Waals surface area (Å²) in [6.45, 7) is 1.85. The van der Waals surface area contributed by atoms with Crippen molar-refractivity contribution in [2.75, 3.05) is 25.1 Å². The minimum atomic E-state index is -0.432. The Morgan fingerprint density at radius 1 is 1.27 bits per heavy atom. The minimum Gasteiger partial charge on any atom is -0.378 e. The fourth-order valence-corrected chi connectivity index (χ4v) is 5.26. The molecule has 0 saturated carbocycles. The van der Waals surface area contributed by atoms with Crippen molar-refractivity contribution in [3.63, 3.8) is 0 Å². The van der Waals surface area contributed by atoms with Crippen LogP contribution in [0.2, 0.25) is 0 Å². The van der Waals surface area contributed by atoms with Crippen molar-refractivity contribution in [1.82, 2.24) is 40.5 Å². The Hall–Kier alpha value is -4.17. The van der Waals surface area contributed by atoms with Crippen molar-refractivity contribution < 1.29 is 14.2 Å². The van der Waals surface area contributed by atoms with E-state index in [-0.39, 0.29) is 29.8 Å². The van der Waals surface area contributed by atoms with Gasteiger partial charge in [0.2, 0.25) is 11.6 Å². The lowest BCUT2D eigenvalue weighted by Gasteiger charge is -2.27. The smallest absolute Gasteiger partial charge is 0.274 e. The Labute approximate surface area is 216 Å². The van der Waals surface area contributed by atoms with Crippen molar-refractivity contribution in [3.8, 4) is 5.82 Å². The summed E-state index contributed by atoms with van der Waals surface area (Å²) in [6.07, 6.45) is 2.92. The lowest BCUT2D eigenvalue weighted by molar-refractivity contribution is 0.0944. The zero-order valence-corrected chi connectivity index (χ0v) is 21.4. The topological polar surface area (TPSA) is 170 Å². The van der Waals surface area contributed by atoms with E-state index in [2.05, 4.69) is 59.9 Å². The third kappa shape index (κ3) is 5.06. The lowest BCUT2D eigenvalue weighted by atomic mass is 9.97. The van der Waals surface area contributed by atoms with Crippen molar-refractivity contribution >= 4 is 34.1 Å². The summed E-state index contributed by atoms with van der Waals surface area (Å²) in [5, 5.41) is 21.3. The number of fused-ring (bicyclic) bond motifs is 1. The molecule has 5 rings (SSSR count). The molecule has 1 aliphatic carbocycles. The number of benzene rings is 1. The molecular formula is C23H26N10O3S. The van der Waals surface area contributed by atoms with Gasteiger partial charge < -0.3 is 16.0 Å². The van der Waals surface area contributed by atoms with Gasteiger partial charge in [0.05, 0.1) is 11.4 Å². The number of nitrogens with zero attached hydrogens (tertiary/aromatic N) is 7. The summed E-state index contributed by atoms with van der Waals surface area (Å²) in [6, 6.07) is 7.55. The van der Waals surface area contributed by atoms with Gasteiger partial charge in [-0.05, 0) is 68.3 Å². The van der Waals surface area contributed by atoms with Crippen LogP contribution in [0.4, 0.5) is 10.9 Å². The number of rotatable bonds is 7. The first-order chi connectivity index (χ1) is 17.8. The summed E-state index contributed by atoms with van der Waals surface area (Å²) >= 11 is 1.53. The lowest BCUT2D eigenvalue weighted by Crippen LogP contribution is -2.32. The minimum absolute atomic E-state index is 0.0331. The number of carbonyl (C=O) groups is 2. The molecule has 1 atom stereocenters.